The summed E-state index contributed by atoms with van der Waals surface area (Å²) in [7, 11) is 0. The first-order valence-corrected chi connectivity index (χ1v) is 5.87. The Hall–Kier alpha value is -1.63. The molecule has 0 bridgehead atoms. The lowest BCUT2D eigenvalue weighted by Crippen LogP contribution is -2.48. The third kappa shape index (κ3) is 6.19. The first-order chi connectivity index (χ1) is 8.40. The molecule has 0 saturated heterocycles. The molecule has 0 spiro atoms. The number of esters is 1. The zero-order valence-corrected chi connectivity index (χ0v) is 11.0. The highest BCUT2D eigenvalue weighted by molar-refractivity contribution is 6.01. The number of hydrogen-bond donors (Lipinski definition) is 3. The average Bonchev–Trinajstić information content (AvgIpc) is 2.33. The second-order valence-corrected chi connectivity index (χ2v) is 3.97. The third-order valence-corrected chi connectivity index (χ3v) is 2.07. The smallest absolute Gasteiger partial charge is 0.332 e. The zero-order chi connectivity index (χ0) is 14.1. The van der Waals surface area contributed by atoms with Gasteiger partial charge in [0.05, 0.1) is 6.61 Å². The highest BCUT2D eigenvalue weighted by atomic mass is 16.5. The summed E-state index contributed by atoms with van der Waals surface area (Å²) >= 11 is 0. The number of amides is 2. The average molecular weight is 259 g/mol. The van der Waals surface area contributed by atoms with Gasteiger partial charge in [-0.1, -0.05) is 13.8 Å². The number of carbonyl (C=O) groups is 3. The van der Waals surface area contributed by atoms with E-state index in [1.165, 1.54) is 0 Å². The maximum absolute atomic E-state index is 11.4. The van der Waals surface area contributed by atoms with Crippen LogP contribution in [0, 0.1) is 5.92 Å². The maximum atomic E-state index is 11.4. The molecule has 0 radical (unpaired) electrons. The highest BCUT2D eigenvalue weighted by Gasteiger charge is 2.22. The molecule has 0 aromatic carbocycles. The van der Waals surface area contributed by atoms with Crippen molar-refractivity contribution in [1.82, 2.24) is 10.6 Å². The Morgan fingerprint density at radius 3 is 2.06 bits per heavy atom. The molecule has 0 aromatic heterocycles. The number of nitrogens with two attached hydrogens (primary N) is 1. The first-order valence-electron chi connectivity index (χ1n) is 5.87. The van der Waals surface area contributed by atoms with E-state index < -0.39 is 17.9 Å². The molecule has 0 heterocycles. The van der Waals surface area contributed by atoms with Gasteiger partial charge in [-0.15, -0.1) is 0 Å². The van der Waals surface area contributed by atoms with Gasteiger partial charge in [-0.3, -0.25) is 9.59 Å². The summed E-state index contributed by atoms with van der Waals surface area (Å²) in [4.78, 5) is 33.7. The van der Waals surface area contributed by atoms with Gasteiger partial charge in [0.2, 0.25) is 11.8 Å². The minimum Gasteiger partial charge on any atom is -0.464 e. The van der Waals surface area contributed by atoms with E-state index in [1.54, 1.807) is 20.8 Å². The minimum absolute atomic E-state index is 0.0982. The number of ether oxygens (including phenoxy) is 1. The topological polar surface area (TPSA) is 111 Å². The standard InChI is InChI=1S/C11H21N3O4/c1-4-18-11(17)8(12)10(16)14-6-5-13-9(15)7(2)3/h7-8H,4-6,12H2,1-3H3,(H,13,15)(H,14,16). The van der Waals surface area contributed by atoms with Gasteiger partial charge in [-0.25, -0.2) is 4.79 Å². The Labute approximate surface area is 106 Å². The number of rotatable bonds is 7. The molecular formula is C11H21N3O4. The lowest BCUT2D eigenvalue weighted by atomic mass is 10.2. The fraction of sp³-hybridized carbons (Fsp3) is 0.727. The summed E-state index contributed by atoms with van der Waals surface area (Å²) in [6, 6.07) is -1.33. The lowest BCUT2D eigenvalue weighted by molar-refractivity contribution is -0.148. The van der Waals surface area contributed by atoms with Crippen molar-refractivity contribution in [3.63, 3.8) is 0 Å². The van der Waals surface area contributed by atoms with Crippen LogP contribution in [0.15, 0.2) is 0 Å². The Kier molecular flexibility index (Phi) is 7.69. The molecule has 0 aliphatic heterocycles. The lowest BCUT2D eigenvalue weighted by Gasteiger charge is -2.12. The van der Waals surface area contributed by atoms with E-state index in [0.717, 1.165) is 0 Å². The van der Waals surface area contributed by atoms with Crippen LogP contribution < -0.4 is 16.4 Å². The van der Waals surface area contributed by atoms with Gasteiger partial charge in [0.25, 0.3) is 0 Å². The molecule has 4 N–H and O–H groups in total. The second-order valence-electron chi connectivity index (χ2n) is 3.97. The van der Waals surface area contributed by atoms with E-state index >= 15 is 0 Å². The number of hydrogen-bond acceptors (Lipinski definition) is 5. The van der Waals surface area contributed by atoms with Gasteiger partial charge in [-0.05, 0) is 6.92 Å². The predicted molar refractivity (Wildman–Crippen MR) is 65.5 cm³/mol. The van der Waals surface area contributed by atoms with Gasteiger partial charge in [0.1, 0.15) is 0 Å². The molecule has 104 valence electrons. The van der Waals surface area contributed by atoms with E-state index in [2.05, 4.69) is 15.4 Å². The van der Waals surface area contributed by atoms with Crippen LogP contribution in [0.4, 0.5) is 0 Å². The van der Waals surface area contributed by atoms with E-state index in [9.17, 15) is 14.4 Å². The quantitative estimate of drug-likeness (QED) is 0.301. The fourth-order valence-electron chi connectivity index (χ4n) is 1.02. The minimum atomic E-state index is -1.33. The summed E-state index contributed by atoms with van der Waals surface area (Å²) < 4.78 is 4.61. The zero-order valence-electron chi connectivity index (χ0n) is 11.0. The van der Waals surface area contributed by atoms with Crippen LogP contribution in [0.25, 0.3) is 0 Å². The van der Waals surface area contributed by atoms with Crippen molar-refractivity contribution in [2.45, 2.75) is 26.8 Å². The van der Waals surface area contributed by atoms with Crippen molar-refractivity contribution in [2.24, 2.45) is 11.7 Å². The second kappa shape index (κ2) is 8.46. The largest absolute Gasteiger partial charge is 0.464 e. The fourth-order valence-corrected chi connectivity index (χ4v) is 1.02. The van der Waals surface area contributed by atoms with Crippen LogP contribution in [0.3, 0.4) is 0 Å². The molecule has 7 heteroatoms. The molecule has 7 nitrogen and oxygen atoms in total. The van der Waals surface area contributed by atoms with Crippen molar-refractivity contribution >= 4 is 17.8 Å². The molecule has 1 atom stereocenters. The van der Waals surface area contributed by atoms with Crippen LogP contribution in [-0.2, 0) is 19.1 Å². The van der Waals surface area contributed by atoms with E-state index in [0.29, 0.717) is 0 Å². The van der Waals surface area contributed by atoms with Gasteiger partial charge >= 0.3 is 5.97 Å². The maximum Gasteiger partial charge on any atom is 0.332 e. The molecule has 1 unspecified atom stereocenters. The third-order valence-electron chi connectivity index (χ3n) is 2.07. The summed E-state index contributed by atoms with van der Waals surface area (Å²) in [6.07, 6.45) is 0. The summed E-state index contributed by atoms with van der Waals surface area (Å²) in [5, 5.41) is 5.06. The molecule has 2 amide bonds. The molecule has 18 heavy (non-hydrogen) atoms. The molecule has 0 rings (SSSR count). The molecule has 0 aromatic rings. The van der Waals surface area contributed by atoms with Crippen molar-refractivity contribution < 1.29 is 19.1 Å². The van der Waals surface area contributed by atoms with Crippen molar-refractivity contribution in [3.8, 4) is 0 Å². The molecule has 0 fully saturated rings. The normalized spacial score (nSPS) is 11.8. The Balaban J connectivity index is 3.83. The molecular weight excluding hydrogens is 238 g/mol. The molecule has 0 saturated carbocycles. The first kappa shape index (κ1) is 16.4. The summed E-state index contributed by atoms with van der Waals surface area (Å²) in [6.45, 7) is 5.84. The van der Waals surface area contributed by atoms with Crippen molar-refractivity contribution in [3.05, 3.63) is 0 Å². The van der Waals surface area contributed by atoms with E-state index in [-0.39, 0.29) is 31.5 Å². The predicted octanol–water partition coefficient (Wildman–Crippen LogP) is -1.23. The highest BCUT2D eigenvalue weighted by Crippen LogP contribution is 1.89. The van der Waals surface area contributed by atoms with Crippen LogP contribution in [0.2, 0.25) is 0 Å². The molecule has 0 aliphatic carbocycles. The summed E-state index contributed by atoms with van der Waals surface area (Å²) in [5.74, 6) is -1.59. The SMILES string of the molecule is CCOC(=O)C(N)C(=O)NCCNC(=O)C(C)C. The van der Waals surface area contributed by atoms with Crippen molar-refractivity contribution in [2.75, 3.05) is 19.7 Å². The van der Waals surface area contributed by atoms with Gasteiger partial charge < -0.3 is 21.1 Å². The van der Waals surface area contributed by atoms with Gasteiger partial charge in [0.15, 0.2) is 6.04 Å². The van der Waals surface area contributed by atoms with E-state index in [1.807, 2.05) is 0 Å². The van der Waals surface area contributed by atoms with Crippen LogP contribution >= 0.6 is 0 Å². The van der Waals surface area contributed by atoms with Gasteiger partial charge in [0, 0.05) is 19.0 Å². The Morgan fingerprint density at radius 2 is 1.61 bits per heavy atom. The number of nitrogens with one attached hydrogen (secondary N) is 2. The van der Waals surface area contributed by atoms with E-state index in [4.69, 9.17) is 5.73 Å². The number of carbonyl (C=O) groups excluding carboxylic acids is 3. The summed E-state index contributed by atoms with van der Waals surface area (Å²) in [5.41, 5.74) is 5.36. The van der Waals surface area contributed by atoms with Crippen LogP contribution in [0.5, 0.6) is 0 Å². The van der Waals surface area contributed by atoms with Crippen LogP contribution in [-0.4, -0.2) is 43.5 Å². The monoisotopic (exact) mass is 259 g/mol. The van der Waals surface area contributed by atoms with Gasteiger partial charge in [-0.2, -0.15) is 0 Å². The molecule has 0 aliphatic rings. The Bertz CT molecular complexity index is 305. The van der Waals surface area contributed by atoms with Crippen molar-refractivity contribution in [1.29, 1.82) is 0 Å². The Morgan fingerprint density at radius 1 is 1.11 bits per heavy atom. The van der Waals surface area contributed by atoms with Crippen LogP contribution in [0.1, 0.15) is 20.8 Å².